The van der Waals surface area contributed by atoms with Gasteiger partial charge in [-0.3, -0.25) is 0 Å². The standard InChI is InChI=1S/C13H25NO/c1-12(2,3)7-10-9-15-11(14-10)8-13(4,5)6/h10H,7-9H2,1-6H3. The molecule has 0 aromatic rings. The summed E-state index contributed by atoms with van der Waals surface area (Å²) in [6.45, 7) is 14.2. The highest BCUT2D eigenvalue weighted by molar-refractivity contribution is 5.78. The molecule has 2 heteroatoms. The van der Waals surface area contributed by atoms with Gasteiger partial charge in [0, 0.05) is 6.42 Å². The van der Waals surface area contributed by atoms with Gasteiger partial charge >= 0.3 is 0 Å². The lowest BCUT2D eigenvalue weighted by Gasteiger charge is -2.19. The number of rotatable bonds is 2. The Balaban J connectivity index is 2.48. The van der Waals surface area contributed by atoms with E-state index in [1.54, 1.807) is 0 Å². The Labute approximate surface area is 94.1 Å². The molecule has 0 saturated carbocycles. The van der Waals surface area contributed by atoms with Crippen LogP contribution < -0.4 is 0 Å². The van der Waals surface area contributed by atoms with Crippen LogP contribution in [-0.4, -0.2) is 18.5 Å². The van der Waals surface area contributed by atoms with Crippen LogP contribution in [0.4, 0.5) is 0 Å². The molecule has 0 saturated heterocycles. The summed E-state index contributed by atoms with van der Waals surface area (Å²) in [5.41, 5.74) is 0.615. The Morgan fingerprint density at radius 2 is 1.73 bits per heavy atom. The van der Waals surface area contributed by atoms with Crippen molar-refractivity contribution in [3.63, 3.8) is 0 Å². The molecule has 0 aliphatic carbocycles. The van der Waals surface area contributed by atoms with Gasteiger partial charge in [0.05, 0.1) is 6.04 Å². The van der Waals surface area contributed by atoms with E-state index < -0.39 is 0 Å². The minimum Gasteiger partial charge on any atom is -0.479 e. The van der Waals surface area contributed by atoms with Crippen molar-refractivity contribution in [2.24, 2.45) is 15.8 Å². The van der Waals surface area contributed by atoms with E-state index in [0.29, 0.717) is 11.5 Å². The maximum atomic E-state index is 5.64. The second-order valence-electron chi connectivity index (χ2n) is 6.99. The Morgan fingerprint density at radius 1 is 1.13 bits per heavy atom. The maximum Gasteiger partial charge on any atom is 0.184 e. The van der Waals surface area contributed by atoms with E-state index in [4.69, 9.17) is 4.74 Å². The SMILES string of the molecule is CC(C)(C)CC1=NC(CC(C)(C)C)CO1. The molecule has 0 radical (unpaired) electrons. The summed E-state index contributed by atoms with van der Waals surface area (Å²) in [5.74, 6) is 0.955. The Morgan fingerprint density at radius 3 is 2.20 bits per heavy atom. The van der Waals surface area contributed by atoms with Crippen LogP contribution in [0.2, 0.25) is 0 Å². The second kappa shape index (κ2) is 4.15. The molecule has 1 atom stereocenters. The van der Waals surface area contributed by atoms with E-state index in [0.717, 1.165) is 25.3 Å². The maximum absolute atomic E-state index is 5.64. The highest BCUT2D eigenvalue weighted by Crippen LogP contribution is 2.27. The molecule has 15 heavy (non-hydrogen) atoms. The van der Waals surface area contributed by atoms with Crippen LogP contribution >= 0.6 is 0 Å². The number of hydrogen-bond acceptors (Lipinski definition) is 2. The second-order valence-corrected chi connectivity index (χ2v) is 6.99. The summed E-state index contributed by atoms with van der Waals surface area (Å²) in [4.78, 5) is 4.65. The summed E-state index contributed by atoms with van der Waals surface area (Å²) in [6.07, 6.45) is 2.06. The van der Waals surface area contributed by atoms with Gasteiger partial charge in [-0.1, -0.05) is 41.5 Å². The summed E-state index contributed by atoms with van der Waals surface area (Å²) in [7, 11) is 0. The van der Waals surface area contributed by atoms with Crippen LogP contribution in [0, 0.1) is 10.8 Å². The first-order valence-electron chi connectivity index (χ1n) is 5.85. The van der Waals surface area contributed by atoms with Crippen molar-refractivity contribution in [3.8, 4) is 0 Å². The summed E-state index contributed by atoms with van der Waals surface area (Å²) in [6, 6.07) is 0.377. The predicted octanol–water partition coefficient (Wildman–Crippen LogP) is 3.66. The molecule has 2 nitrogen and oxygen atoms in total. The average Bonchev–Trinajstić information content (AvgIpc) is 2.28. The molecule has 0 N–H and O–H groups in total. The van der Waals surface area contributed by atoms with Gasteiger partial charge in [-0.25, -0.2) is 4.99 Å². The molecule has 0 aromatic heterocycles. The van der Waals surface area contributed by atoms with Crippen LogP contribution in [0.25, 0.3) is 0 Å². The molecule has 88 valence electrons. The molecule has 1 rings (SSSR count). The summed E-state index contributed by atoms with van der Waals surface area (Å²) in [5, 5.41) is 0. The monoisotopic (exact) mass is 211 g/mol. The zero-order chi connectivity index (χ0) is 11.7. The van der Waals surface area contributed by atoms with Crippen LogP contribution in [-0.2, 0) is 4.74 Å². The summed E-state index contributed by atoms with van der Waals surface area (Å²) < 4.78 is 5.64. The van der Waals surface area contributed by atoms with Gasteiger partial charge in [0.25, 0.3) is 0 Å². The Hall–Kier alpha value is -0.530. The fourth-order valence-corrected chi connectivity index (χ4v) is 1.83. The lowest BCUT2D eigenvalue weighted by molar-refractivity contribution is 0.257. The van der Waals surface area contributed by atoms with Crippen LogP contribution in [0.5, 0.6) is 0 Å². The number of aliphatic imine (C=N–C) groups is 1. The number of ether oxygens (including phenoxy) is 1. The van der Waals surface area contributed by atoms with E-state index in [2.05, 4.69) is 46.5 Å². The molecule has 0 fully saturated rings. The smallest absolute Gasteiger partial charge is 0.184 e. The minimum absolute atomic E-state index is 0.273. The van der Waals surface area contributed by atoms with Crippen molar-refractivity contribution < 1.29 is 4.74 Å². The third-order valence-electron chi connectivity index (χ3n) is 2.30. The van der Waals surface area contributed by atoms with Crippen LogP contribution in [0.3, 0.4) is 0 Å². The molecular weight excluding hydrogens is 186 g/mol. The minimum atomic E-state index is 0.273. The molecule has 0 aromatic carbocycles. The van der Waals surface area contributed by atoms with E-state index in [1.807, 2.05) is 0 Å². The van der Waals surface area contributed by atoms with Gasteiger partial charge in [0.2, 0.25) is 0 Å². The Kier molecular flexibility index (Phi) is 3.47. The third kappa shape index (κ3) is 5.19. The van der Waals surface area contributed by atoms with Gasteiger partial charge in [-0.05, 0) is 17.3 Å². The van der Waals surface area contributed by atoms with E-state index in [1.165, 1.54) is 0 Å². The van der Waals surface area contributed by atoms with Gasteiger partial charge < -0.3 is 4.74 Å². The van der Waals surface area contributed by atoms with E-state index in [9.17, 15) is 0 Å². The topological polar surface area (TPSA) is 21.6 Å². The predicted molar refractivity (Wildman–Crippen MR) is 65.3 cm³/mol. The van der Waals surface area contributed by atoms with Crippen molar-refractivity contribution in [3.05, 3.63) is 0 Å². The number of nitrogens with zero attached hydrogens (tertiary/aromatic N) is 1. The zero-order valence-electron chi connectivity index (χ0n) is 11.1. The summed E-state index contributed by atoms with van der Waals surface area (Å²) >= 11 is 0. The highest BCUT2D eigenvalue weighted by atomic mass is 16.5. The van der Waals surface area contributed by atoms with E-state index in [-0.39, 0.29) is 5.41 Å². The lowest BCUT2D eigenvalue weighted by Crippen LogP contribution is -2.17. The van der Waals surface area contributed by atoms with Crippen LogP contribution in [0.15, 0.2) is 4.99 Å². The lowest BCUT2D eigenvalue weighted by atomic mass is 9.88. The van der Waals surface area contributed by atoms with Gasteiger partial charge in [0.15, 0.2) is 5.90 Å². The first-order chi connectivity index (χ1) is 6.66. The van der Waals surface area contributed by atoms with Gasteiger partial charge in [0.1, 0.15) is 6.61 Å². The molecule has 0 spiro atoms. The fraction of sp³-hybridized carbons (Fsp3) is 0.923. The van der Waals surface area contributed by atoms with Crippen molar-refractivity contribution in [2.75, 3.05) is 6.61 Å². The van der Waals surface area contributed by atoms with Crippen molar-refractivity contribution in [2.45, 2.75) is 60.4 Å². The molecule has 0 bridgehead atoms. The normalized spacial score (nSPS) is 22.5. The zero-order valence-corrected chi connectivity index (χ0v) is 11.1. The molecule has 1 aliphatic heterocycles. The highest BCUT2D eigenvalue weighted by Gasteiger charge is 2.26. The van der Waals surface area contributed by atoms with E-state index >= 15 is 0 Å². The third-order valence-corrected chi connectivity index (χ3v) is 2.30. The van der Waals surface area contributed by atoms with Crippen LogP contribution in [0.1, 0.15) is 54.4 Å². The molecule has 1 aliphatic rings. The van der Waals surface area contributed by atoms with Crippen molar-refractivity contribution in [1.82, 2.24) is 0 Å². The Bertz CT molecular complexity index is 242. The van der Waals surface area contributed by atoms with Crippen molar-refractivity contribution in [1.29, 1.82) is 0 Å². The molecule has 1 unspecified atom stereocenters. The average molecular weight is 211 g/mol. The van der Waals surface area contributed by atoms with Crippen molar-refractivity contribution >= 4 is 5.90 Å². The molecule has 1 heterocycles. The van der Waals surface area contributed by atoms with Gasteiger partial charge in [-0.2, -0.15) is 0 Å². The largest absolute Gasteiger partial charge is 0.479 e. The fourth-order valence-electron chi connectivity index (χ4n) is 1.83. The first-order valence-corrected chi connectivity index (χ1v) is 5.85. The molecular formula is C13H25NO. The van der Waals surface area contributed by atoms with Gasteiger partial charge in [-0.15, -0.1) is 0 Å². The molecule has 0 amide bonds. The first kappa shape index (κ1) is 12.5. The number of hydrogen-bond donors (Lipinski definition) is 0. The quantitative estimate of drug-likeness (QED) is 0.683.